The van der Waals surface area contributed by atoms with Crippen molar-refractivity contribution >= 4 is 43.4 Å². The molecule has 1 fully saturated rings. The van der Waals surface area contributed by atoms with E-state index in [1.807, 2.05) is 0 Å². The van der Waals surface area contributed by atoms with Crippen LogP contribution in [0.15, 0.2) is 12.4 Å². The molecule has 2 N–H and O–H groups in total. The second-order valence-corrected chi connectivity index (χ2v) is 6.73. The zero-order valence-electron chi connectivity index (χ0n) is 13.4. The summed E-state index contributed by atoms with van der Waals surface area (Å²) in [5.74, 6) is 1.75. The quantitative estimate of drug-likeness (QED) is 0.746. The van der Waals surface area contributed by atoms with Crippen molar-refractivity contribution in [2.24, 2.45) is 0 Å². The molecule has 3 aromatic rings. The zero-order valence-corrected chi connectivity index (χ0v) is 14.3. The number of ether oxygens (including phenoxy) is 1. The molecule has 1 aliphatic rings. The number of morpholine rings is 1. The Balaban J connectivity index is 1.84. The van der Waals surface area contributed by atoms with Crippen LogP contribution in [-0.4, -0.2) is 59.5 Å². The molecule has 0 aliphatic carbocycles. The molecule has 4 rings (SSSR count). The van der Waals surface area contributed by atoms with E-state index >= 15 is 0 Å². The minimum atomic E-state index is 0.0643. The molecule has 7 nitrogen and oxygen atoms in total. The van der Waals surface area contributed by atoms with E-state index in [1.165, 1.54) is 5.56 Å². The van der Waals surface area contributed by atoms with Crippen LogP contribution in [0.25, 0.3) is 20.4 Å². The Morgan fingerprint density at radius 2 is 2.17 bits per heavy atom. The maximum absolute atomic E-state index is 9.03. The van der Waals surface area contributed by atoms with Gasteiger partial charge in [0.25, 0.3) is 0 Å². The van der Waals surface area contributed by atoms with E-state index in [9.17, 15) is 0 Å². The number of aliphatic hydroxyl groups is 1. The lowest BCUT2D eigenvalue weighted by molar-refractivity contribution is 0.122. The third-order valence-corrected chi connectivity index (χ3v) is 5.23. The first-order chi connectivity index (χ1) is 11.8. The van der Waals surface area contributed by atoms with Crippen molar-refractivity contribution < 1.29 is 9.84 Å². The first kappa shape index (κ1) is 15.5. The largest absolute Gasteiger partial charge is 0.395 e. The van der Waals surface area contributed by atoms with Crippen LogP contribution in [-0.2, 0) is 4.74 Å². The number of pyridine rings is 1. The molecule has 0 radical (unpaired) electrons. The fourth-order valence-corrected chi connectivity index (χ4v) is 4.15. The Labute approximate surface area is 143 Å². The molecule has 4 heterocycles. The number of hydrogen-bond donors (Lipinski definition) is 2. The molecule has 0 unspecified atom stereocenters. The van der Waals surface area contributed by atoms with Crippen LogP contribution >= 0.6 is 11.3 Å². The van der Waals surface area contributed by atoms with E-state index in [2.05, 4.69) is 33.2 Å². The van der Waals surface area contributed by atoms with Crippen LogP contribution < -0.4 is 10.2 Å². The topological polar surface area (TPSA) is 83.4 Å². The Bertz CT molecular complexity index is 876. The first-order valence-electron chi connectivity index (χ1n) is 8.00. The van der Waals surface area contributed by atoms with Gasteiger partial charge in [-0.15, -0.1) is 11.3 Å². The molecule has 1 saturated heterocycles. The monoisotopic (exact) mass is 345 g/mol. The zero-order chi connectivity index (χ0) is 16.5. The lowest BCUT2D eigenvalue weighted by Crippen LogP contribution is -2.36. The first-order valence-corrected chi connectivity index (χ1v) is 8.82. The van der Waals surface area contributed by atoms with E-state index < -0.39 is 0 Å². The molecule has 24 heavy (non-hydrogen) atoms. The number of nitrogens with one attached hydrogen (secondary N) is 1. The molecule has 0 saturated carbocycles. The molecule has 8 heteroatoms. The van der Waals surface area contributed by atoms with Gasteiger partial charge < -0.3 is 20.1 Å². The van der Waals surface area contributed by atoms with Gasteiger partial charge >= 0.3 is 0 Å². The van der Waals surface area contributed by atoms with Gasteiger partial charge in [-0.25, -0.2) is 15.0 Å². The fraction of sp³-hybridized carbons (Fsp3) is 0.438. The number of thiophene rings is 1. The SMILES string of the molecule is Cc1cc(N2CCOCC2)nc2sc3c(NCCO)ncnc3c12. The van der Waals surface area contributed by atoms with Crippen molar-refractivity contribution in [1.82, 2.24) is 15.0 Å². The Morgan fingerprint density at radius 1 is 1.33 bits per heavy atom. The number of nitrogens with zero attached hydrogens (tertiary/aromatic N) is 4. The van der Waals surface area contributed by atoms with Crippen LogP contribution in [0, 0.1) is 6.92 Å². The summed E-state index contributed by atoms with van der Waals surface area (Å²) in [6.07, 6.45) is 1.56. The van der Waals surface area contributed by atoms with E-state index in [-0.39, 0.29) is 6.61 Å². The standard InChI is InChI=1S/C16H19N5O2S/c1-10-8-11(21-3-6-23-7-4-21)20-16-12(10)13-14(24-16)15(17-2-5-22)19-9-18-13/h8-9,22H,2-7H2,1H3,(H,17,18,19). The van der Waals surface area contributed by atoms with E-state index in [1.54, 1.807) is 17.7 Å². The summed E-state index contributed by atoms with van der Waals surface area (Å²) in [6.45, 7) is 5.85. The van der Waals surface area contributed by atoms with Crippen molar-refractivity contribution in [3.63, 3.8) is 0 Å². The van der Waals surface area contributed by atoms with Gasteiger partial charge in [0.1, 0.15) is 22.8 Å². The summed E-state index contributed by atoms with van der Waals surface area (Å²) < 4.78 is 6.41. The number of aryl methyl sites for hydroxylation is 1. The van der Waals surface area contributed by atoms with Crippen LogP contribution in [0.1, 0.15) is 5.56 Å². The molecule has 3 aromatic heterocycles. The van der Waals surface area contributed by atoms with Gasteiger partial charge in [0.05, 0.1) is 30.0 Å². The Kier molecular flexibility index (Phi) is 4.17. The fourth-order valence-electron chi connectivity index (χ4n) is 2.99. The predicted molar refractivity (Wildman–Crippen MR) is 96.1 cm³/mol. The summed E-state index contributed by atoms with van der Waals surface area (Å²) in [5, 5.41) is 13.3. The maximum Gasteiger partial charge on any atom is 0.147 e. The normalized spacial score (nSPS) is 15.3. The van der Waals surface area contributed by atoms with Crippen LogP contribution in [0.4, 0.5) is 11.6 Å². The highest BCUT2D eigenvalue weighted by Crippen LogP contribution is 2.37. The minimum Gasteiger partial charge on any atom is -0.395 e. The summed E-state index contributed by atoms with van der Waals surface area (Å²) in [5.41, 5.74) is 2.09. The molecule has 0 atom stereocenters. The minimum absolute atomic E-state index is 0.0643. The number of anilines is 2. The van der Waals surface area contributed by atoms with E-state index in [4.69, 9.17) is 14.8 Å². The van der Waals surface area contributed by atoms with E-state index in [0.29, 0.717) is 6.54 Å². The van der Waals surface area contributed by atoms with Crippen LogP contribution in [0.5, 0.6) is 0 Å². The van der Waals surface area contributed by atoms with Crippen LogP contribution in [0.3, 0.4) is 0 Å². The molecule has 0 amide bonds. The molecule has 0 bridgehead atoms. The van der Waals surface area contributed by atoms with Gasteiger partial charge in [0, 0.05) is 25.0 Å². The van der Waals surface area contributed by atoms with Crippen molar-refractivity contribution in [2.45, 2.75) is 6.92 Å². The third kappa shape index (κ3) is 2.66. The molecule has 126 valence electrons. The van der Waals surface area contributed by atoms with Crippen LogP contribution in [0.2, 0.25) is 0 Å². The molecular formula is C16H19N5O2S. The number of hydrogen-bond acceptors (Lipinski definition) is 8. The number of fused-ring (bicyclic) bond motifs is 3. The lowest BCUT2D eigenvalue weighted by Gasteiger charge is -2.28. The van der Waals surface area contributed by atoms with E-state index in [0.717, 1.165) is 58.4 Å². The Morgan fingerprint density at radius 3 is 2.96 bits per heavy atom. The van der Waals surface area contributed by atoms with Crippen molar-refractivity contribution in [1.29, 1.82) is 0 Å². The average molecular weight is 345 g/mol. The highest BCUT2D eigenvalue weighted by Gasteiger charge is 2.18. The highest BCUT2D eigenvalue weighted by atomic mass is 32.1. The Hall–Kier alpha value is -2.03. The van der Waals surface area contributed by atoms with Crippen molar-refractivity contribution in [3.05, 3.63) is 18.0 Å². The number of rotatable bonds is 4. The molecular weight excluding hydrogens is 326 g/mol. The second-order valence-electron chi connectivity index (χ2n) is 5.73. The third-order valence-electron chi connectivity index (χ3n) is 4.15. The van der Waals surface area contributed by atoms with Gasteiger partial charge in [0.15, 0.2) is 0 Å². The molecule has 1 aliphatic heterocycles. The maximum atomic E-state index is 9.03. The van der Waals surface area contributed by atoms with Gasteiger partial charge in [-0.3, -0.25) is 0 Å². The molecule has 0 aromatic carbocycles. The van der Waals surface area contributed by atoms with Gasteiger partial charge in [-0.1, -0.05) is 0 Å². The number of aliphatic hydroxyl groups excluding tert-OH is 1. The second kappa shape index (κ2) is 6.46. The van der Waals surface area contributed by atoms with Gasteiger partial charge in [-0.05, 0) is 18.6 Å². The predicted octanol–water partition coefficient (Wildman–Crippen LogP) is 1.79. The van der Waals surface area contributed by atoms with Crippen molar-refractivity contribution in [2.75, 3.05) is 49.7 Å². The lowest BCUT2D eigenvalue weighted by atomic mass is 10.2. The average Bonchev–Trinajstić information content (AvgIpc) is 3.00. The van der Waals surface area contributed by atoms with Crippen molar-refractivity contribution in [3.8, 4) is 0 Å². The highest BCUT2D eigenvalue weighted by molar-refractivity contribution is 7.26. The molecule has 0 spiro atoms. The summed E-state index contributed by atoms with van der Waals surface area (Å²) in [7, 11) is 0. The summed E-state index contributed by atoms with van der Waals surface area (Å²) in [6, 6.07) is 2.13. The van der Waals surface area contributed by atoms with Gasteiger partial charge in [0.2, 0.25) is 0 Å². The number of aromatic nitrogens is 3. The summed E-state index contributed by atoms with van der Waals surface area (Å²) in [4.78, 5) is 16.9. The smallest absolute Gasteiger partial charge is 0.147 e. The summed E-state index contributed by atoms with van der Waals surface area (Å²) >= 11 is 1.59. The van der Waals surface area contributed by atoms with Gasteiger partial charge in [-0.2, -0.15) is 0 Å².